The van der Waals surface area contributed by atoms with Crippen molar-refractivity contribution >= 4 is 7.60 Å². The minimum Gasteiger partial charge on any atom is -0.306 e. The molecule has 0 radical (unpaired) electrons. The van der Waals surface area contributed by atoms with Crippen LogP contribution in [0.2, 0.25) is 0 Å². The molecule has 0 fully saturated rings. The van der Waals surface area contributed by atoms with Crippen LogP contribution in [-0.2, 0) is 13.6 Å². The summed E-state index contributed by atoms with van der Waals surface area (Å²) < 4.78 is 23.2. The normalized spacial score (nSPS) is 13.1. The molecule has 0 N–H and O–H groups in total. The molecule has 0 amide bonds. The second kappa shape index (κ2) is 8.98. The zero-order valence-electron chi connectivity index (χ0n) is 11.0. The van der Waals surface area contributed by atoms with E-state index in [-0.39, 0.29) is 0 Å². The van der Waals surface area contributed by atoms with Gasteiger partial charge in [0.25, 0.3) is 0 Å². The van der Waals surface area contributed by atoms with Crippen molar-refractivity contribution < 1.29 is 13.6 Å². The zero-order chi connectivity index (χ0) is 12.4. The van der Waals surface area contributed by atoms with Gasteiger partial charge < -0.3 is 9.05 Å². The number of hydrogen-bond donors (Lipinski definition) is 0. The van der Waals surface area contributed by atoms with Crippen LogP contribution in [0.1, 0.15) is 53.4 Å². The van der Waals surface area contributed by atoms with E-state index in [9.17, 15) is 4.57 Å². The maximum atomic E-state index is 12.5. The Balaban J connectivity index is 4.85. The van der Waals surface area contributed by atoms with Gasteiger partial charge in [0.1, 0.15) is 0 Å². The SMILES string of the molecule is CCC/C=C(/CCC)P(=O)(OCC)OCC. The molecule has 0 aliphatic heterocycles. The summed E-state index contributed by atoms with van der Waals surface area (Å²) in [6.07, 6.45) is 5.75. The van der Waals surface area contributed by atoms with Crippen molar-refractivity contribution in [1.29, 1.82) is 0 Å². The van der Waals surface area contributed by atoms with Crippen LogP contribution in [0, 0.1) is 0 Å². The lowest BCUT2D eigenvalue weighted by atomic mass is 10.2. The molecule has 0 aliphatic rings. The first-order valence-electron chi connectivity index (χ1n) is 6.23. The van der Waals surface area contributed by atoms with Crippen LogP contribution in [0.5, 0.6) is 0 Å². The first-order chi connectivity index (χ1) is 7.64. The summed E-state index contributed by atoms with van der Waals surface area (Å²) in [5, 5.41) is 0.848. The fraction of sp³-hybridized carbons (Fsp3) is 0.833. The highest BCUT2D eigenvalue weighted by Crippen LogP contribution is 2.57. The van der Waals surface area contributed by atoms with Gasteiger partial charge in [-0.25, -0.2) is 0 Å². The van der Waals surface area contributed by atoms with Crippen molar-refractivity contribution in [3.63, 3.8) is 0 Å². The van der Waals surface area contributed by atoms with Gasteiger partial charge in [0, 0.05) is 5.31 Å². The Morgan fingerprint density at radius 2 is 1.62 bits per heavy atom. The van der Waals surface area contributed by atoms with Crippen molar-refractivity contribution in [1.82, 2.24) is 0 Å². The van der Waals surface area contributed by atoms with Gasteiger partial charge in [0.15, 0.2) is 0 Å². The van der Waals surface area contributed by atoms with E-state index < -0.39 is 7.60 Å². The molecule has 0 bridgehead atoms. The van der Waals surface area contributed by atoms with Gasteiger partial charge in [-0.05, 0) is 26.7 Å². The monoisotopic (exact) mass is 248 g/mol. The van der Waals surface area contributed by atoms with E-state index in [4.69, 9.17) is 9.05 Å². The molecule has 0 unspecified atom stereocenters. The summed E-state index contributed by atoms with van der Waals surface area (Å²) in [5.41, 5.74) is 0. The molecule has 0 aromatic heterocycles. The molecule has 96 valence electrons. The Morgan fingerprint density at radius 3 is 2.00 bits per heavy atom. The maximum absolute atomic E-state index is 12.5. The van der Waals surface area contributed by atoms with Crippen molar-refractivity contribution in [2.75, 3.05) is 13.2 Å². The first kappa shape index (κ1) is 15.9. The first-order valence-corrected chi connectivity index (χ1v) is 7.77. The summed E-state index contributed by atoms with van der Waals surface area (Å²) in [6.45, 7) is 8.70. The van der Waals surface area contributed by atoms with Crippen molar-refractivity contribution in [3.8, 4) is 0 Å². The van der Waals surface area contributed by atoms with Crippen LogP contribution < -0.4 is 0 Å². The van der Waals surface area contributed by atoms with Crippen molar-refractivity contribution in [2.24, 2.45) is 0 Å². The predicted octanol–water partition coefficient (Wildman–Crippen LogP) is 4.74. The molecule has 0 aliphatic carbocycles. The number of rotatable bonds is 9. The molecule has 0 saturated carbocycles. The standard InChI is InChI=1S/C12H25O3P/c1-5-9-11-12(10-6-2)16(13,14-7-3)15-8-4/h11H,5-10H2,1-4H3/b12-11-. The highest BCUT2D eigenvalue weighted by molar-refractivity contribution is 7.58. The lowest BCUT2D eigenvalue weighted by Crippen LogP contribution is -1.99. The molecule has 0 aromatic carbocycles. The fourth-order valence-electron chi connectivity index (χ4n) is 1.46. The van der Waals surface area contributed by atoms with Crippen LogP contribution in [0.3, 0.4) is 0 Å². The highest BCUT2D eigenvalue weighted by atomic mass is 31.2. The Kier molecular flexibility index (Phi) is 8.91. The Hall–Kier alpha value is -0.110. The zero-order valence-corrected chi connectivity index (χ0v) is 11.9. The summed E-state index contributed by atoms with van der Waals surface area (Å²) >= 11 is 0. The highest BCUT2D eigenvalue weighted by Gasteiger charge is 2.28. The van der Waals surface area contributed by atoms with Gasteiger partial charge in [0.2, 0.25) is 0 Å². The van der Waals surface area contributed by atoms with Gasteiger partial charge in [-0.2, -0.15) is 0 Å². The predicted molar refractivity (Wildman–Crippen MR) is 68.8 cm³/mol. The quantitative estimate of drug-likeness (QED) is 0.553. The van der Waals surface area contributed by atoms with Gasteiger partial charge >= 0.3 is 7.60 Å². The van der Waals surface area contributed by atoms with Crippen LogP contribution in [0.25, 0.3) is 0 Å². The molecule has 0 spiro atoms. The Bertz CT molecular complexity index is 239. The van der Waals surface area contributed by atoms with Crippen LogP contribution in [-0.4, -0.2) is 13.2 Å². The van der Waals surface area contributed by atoms with Gasteiger partial charge in [-0.3, -0.25) is 4.57 Å². The number of hydrogen-bond acceptors (Lipinski definition) is 3. The second-order valence-corrected chi connectivity index (χ2v) is 5.65. The minimum absolute atomic E-state index is 0.421. The summed E-state index contributed by atoms with van der Waals surface area (Å²) in [6, 6.07) is 0. The minimum atomic E-state index is -3.01. The third-order valence-electron chi connectivity index (χ3n) is 2.12. The van der Waals surface area contributed by atoms with E-state index in [0.29, 0.717) is 13.2 Å². The van der Waals surface area contributed by atoms with E-state index in [0.717, 1.165) is 31.0 Å². The smallest absolute Gasteiger partial charge is 0.306 e. The fourth-order valence-corrected chi connectivity index (χ4v) is 3.40. The van der Waals surface area contributed by atoms with E-state index in [1.165, 1.54) is 0 Å². The van der Waals surface area contributed by atoms with Gasteiger partial charge in [0.05, 0.1) is 13.2 Å². The summed E-state index contributed by atoms with van der Waals surface area (Å²) in [4.78, 5) is 0. The average molecular weight is 248 g/mol. The Labute approximate surface area is 99.8 Å². The van der Waals surface area contributed by atoms with Gasteiger partial charge in [-0.15, -0.1) is 0 Å². The van der Waals surface area contributed by atoms with Gasteiger partial charge in [-0.1, -0.05) is 32.8 Å². The third kappa shape index (κ3) is 5.29. The molecule has 0 saturated heterocycles. The van der Waals surface area contributed by atoms with Crippen LogP contribution >= 0.6 is 7.60 Å². The van der Waals surface area contributed by atoms with Crippen molar-refractivity contribution in [2.45, 2.75) is 53.4 Å². The van der Waals surface area contributed by atoms with Crippen LogP contribution in [0.15, 0.2) is 11.4 Å². The third-order valence-corrected chi connectivity index (χ3v) is 4.43. The number of unbranched alkanes of at least 4 members (excludes halogenated alkanes) is 1. The molecule has 4 heteroatoms. The van der Waals surface area contributed by atoms with E-state index in [1.54, 1.807) is 0 Å². The molecule has 0 heterocycles. The molecule has 16 heavy (non-hydrogen) atoms. The molecule has 0 atom stereocenters. The summed E-state index contributed by atoms with van der Waals surface area (Å²) in [5.74, 6) is 0. The molecular formula is C12H25O3P. The van der Waals surface area contributed by atoms with Crippen LogP contribution in [0.4, 0.5) is 0 Å². The van der Waals surface area contributed by atoms with E-state index in [2.05, 4.69) is 13.8 Å². The van der Waals surface area contributed by atoms with E-state index >= 15 is 0 Å². The lowest BCUT2D eigenvalue weighted by Gasteiger charge is -2.19. The molecule has 3 nitrogen and oxygen atoms in total. The largest absolute Gasteiger partial charge is 0.356 e. The molecular weight excluding hydrogens is 223 g/mol. The maximum Gasteiger partial charge on any atom is 0.356 e. The Morgan fingerprint density at radius 1 is 1.06 bits per heavy atom. The summed E-state index contributed by atoms with van der Waals surface area (Å²) in [7, 11) is -3.01. The topological polar surface area (TPSA) is 35.5 Å². The lowest BCUT2D eigenvalue weighted by molar-refractivity contribution is 0.225. The molecule has 0 aromatic rings. The van der Waals surface area contributed by atoms with E-state index in [1.807, 2.05) is 19.9 Å². The van der Waals surface area contributed by atoms with Crippen molar-refractivity contribution in [3.05, 3.63) is 11.4 Å². The second-order valence-electron chi connectivity index (χ2n) is 3.57. The molecule has 0 rings (SSSR count). The average Bonchev–Trinajstić information content (AvgIpc) is 2.24. The number of allylic oxidation sites excluding steroid dienone is 2.